The molecule has 39 heavy (non-hydrogen) atoms. The van der Waals surface area contributed by atoms with E-state index in [1.165, 1.54) is 12.0 Å². The van der Waals surface area contributed by atoms with E-state index in [0.717, 1.165) is 31.5 Å². The van der Waals surface area contributed by atoms with E-state index in [9.17, 15) is 15.0 Å². The van der Waals surface area contributed by atoms with Gasteiger partial charge in [0.05, 0.1) is 18.4 Å². The number of amides is 2. The van der Waals surface area contributed by atoms with Gasteiger partial charge in [0.25, 0.3) is 0 Å². The summed E-state index contributed by atoms with van der Waals surface area (Å²) in [5.74, 6) is 0. The van der Waals surface area contributed by atoms with Crippen molar-refractivity contribution in [1.82, 2.24) is 26.2 Å². The molecule has 1 saturated carbocycles. The van der Waals surface area contributed by atoms with E-state index in [0.29, 0.717) is 25.8 Å². The SMILES string of the molecule is CC(C)(C)c1ccc(NC(=O)NCCCN(C[C@H]2O[C@@H](NC3NCNC(N)C3N)[C@H](O)[C@@H]2O)C2CCC2)cc1. The molecule has 2 saturated heterocycles. The van der Waals surface area contributed by atoms with Gasteiger partial charge in [0, 0.05) is 38.0 Å². The van der Waals surface area contributed by atoms with Gasteiger partial charge in [0.1, 0.15) is 24.5 Å². The summed E-state index contributed by atoms with van der Waals surface area (Å²) in [5.41, 5.74) is 14.2. The molecule has 12 nitrogen and oxygen atoms in total. The summed E-state index contributed by atoms with van der Waals surface area (Å²) < 4.78 is 6.07. The maximum absolute atomic E-state index is 12.4. The molecular weight excluding hydrogens is 500 g/mol. The molecule has 2 heterocycles. The minimum atomic E-state index is -1.08. The molecule has 11 N–H and O–H groups in total. The Morgan fingerprint density at radius 2 is 1.85 bits per heavy atom. The number of urea groups is 1. The van der Waals surface area contributed by atoms with Crippen molar-refractivity contribution in [1.29, 1.82) is 0 Å². The number of nitrogens with zero attached hydrogens (tertiary/aromatic N) is 1. The van der Waals surface area contributed by atoms with E-state index in [-0.39, 0.29) is 23.8 Å². The number of aliphatic hydroxyl groups excluding tert-OH is 2. The van der Waals surface area contributed by atoms with Crippen molar-refractivity contribution < 1.29 is 19.7 Å². The number of benzene rings is 1. The normalized spacial score (nSPS) is 31.7. The molecule has 3 fully saturated rings. The Morgan fingerprint density at radius 1 is 1.13 bits per heavy atom. The summed E-state index contributed by atoms with van der Waals surface area (Å²) in [7, 11) is 0. The number of hydrogen-bond donors (Lipinski definition) is 9. The number of anilines is 1. The van der Waals surface area contributed by atoms with E-state index in [4.69, 9.17) is 16.2 Å². The smallest absolute Gasteiger partial charge is 0.319 e. The van der Waals surface area contributed by atoms with Gasteiger partial charge < -0.3 is 37.1 Å². The summed E-state index contributed by atoms with van der Waals surface area (Å²) >= 11 is 0. The highest BCUT2D eigenvalue weighted by atomic mass is 16.6. The standard InChI is InChI=1S/C27H48N8O4/c1-27(2,3)16-8-10-17(11-9-16)33-26(38)30-12-5-13-35(18-6-4-7-18)14-19-21(36)22(37)25(39-19)34-24-20(28)23(29)31-15-32-24/h8-11,18-25,31-32,34,36-37H,4-7,12-15,28-29H2,1-3H3,(H2,30,33,38)/t19-,20?,21-,22-,23?,24?,25-/m1/s1. The van der Waals surface area contributed by atoms with Crippen LogP contribution in [0.4, 0.5) is 10.5 Å². The van der Waals surface area contributed by atoms with E-state index >= 15 is 0 Å². The number of hydrogen-bond acceptors (Lipinski definition) is 10. The van der Waals surface area contributed by atoms with Gasteiger partial charge in [-0.15, -0.1) is 0 Å². The second-order valence-corrected chi connectivity index (χ2v) is 12.1. The van der Waals surface area contributed by atoms with E-state index in [1.807, 2.05) is 24.3 Å². The third kappa shape index (κ3) is 7.87. The van der Waals surface area contributed by atoms with Crippen LogP contribution in [0, 0.1) is 0 Å². The van der Waals surface area contributed by atoms with Gasteiger partial charge in [-0.1, -0.05) is 39.3 Å². The molecule has 2 amide bonds. The van der Waals surface area contributed by atoms with Crippen LogP contribution in [0.15, 0.2) is 24.3 Å². The predicted molar refractivity (Wildman–Crippen MR) is 151 cm³/mol. The first-order valence-corrected chi connectivity index (χ1v) is 14.2. The van der Waals surface area contributed by atoms with E-state index < -0.39 is 30.6 Å². The molecular formula is C27H48N8O4. The van der Waals surface area contributed by atoms with Crippen LogP contribution in [0.3, 0.4) is 0 Å². The lowest BCUT2D eigenvalue weighted by Crippen LogP contribution is -2.72. The second-order valence-electron chi connectivity index (χ2n) is 12.1. The molecule has 4 rings (SSSR count). The second kappa shape index (κ2) is 13.2. The quantitative estimate of drug-likeness (QED) is 0.172. The first kappa shape index (κ1) is 30.1. The van der Waals surface area contributed by atoms with Crippen LogP contribution in [0.2, 0.25) is 0 Å². The summed E-state index contributed by atoms with van der Waals surface area (Å²) in [5, 5.41) is 36.6. The average molecular weight is 549 g/mol. The largest absolute Gasteiger partial charge is 0.387 e. The maximum Gasteiger partial charge on any atom is 0.319 e. The lowest BCUT2D eigenvalue weighted by Gasteiger charge is -2.39. The molecule has 3 unspecified atom stereocenters. The molecule has 0 spiro atoms. The number of ether oxygens (including phenoxy) is 1. The van der Waals surface area contributed by atoms with Crippen LogP contribution in [0.1, 0.15) is 52.0 Å². The van der Waals surface area contributed by atoms with E-state index in [1.54, 1.807) is 0 Å². The van der Waals surface area contributed by atoms with Crippen molar-refractivity contribution in [3.8, 4) is 0 Å². The lowest BCUT2D eigenvalue weighted by atomic mass is 9.87. The molecule has 1 aromatic carbocycles. The Kier molecular flexibility index (Phi) is 10.2. The van der Waals surface area contributed by atoms with Gasteiger partial charge in [0.15, 0.2) is 0 Å². The Bertz CT molecular complexity index is 925. The fourth-order valence-corrected chi connectivity index (χ4v) is 5.27. The number of carbonyl (C=O) groups is 1. The zero-order valence-electron chi connectivity index (χ0n) is 23.4. The molecule has 3 aliphatic rings. The first-order valence-electron chi connectivity index (χ1n) is 14.2. The Hall–Kier alpha value is -1.87. The highest BCUT2D eigenvalue weighted by Crippen LogP contribution is 2.28. The topological polar surface area (TPSA) is 182 Å². The monoisotopic (exact) mass is 548 g/mol. The Labute approximate surface area is 231 Å². The number of rotatable bonds is 10. The molecule has 1 aliphatic carbocycles. The molecule has 0 aromatic heterocycles. The fourth-order valence-electron chi connectivity index (χ4n) is 5.27. The Morgan fingerprint density at radius 3 is 2.49 bits per heavy atom. The van der Waals surface area contributed by atoms with Crippen LogP contribution in [0.5, 0.6) is 0 Å². The minimum Gasteiger partial charge on any atom is -0.387 e. The molecule has 7 atom stereocenters. The highest BCUT2D eigenvalue weighted by Gasteiger charge is 2.45. The fraction of sp³-hybridized carbons (Fsp3) is 0.741. The third-order valence-electron chi connectivity index (χ3n) is 8.09. The van der Waals surface area contributed by atoms with Gasteiger partial charge in [0.2, 0.25) is 0 Å². The molecule has 1 aromatic rings. The molecule has 0 bridgehead atoms. The van der Waals surface area contributed by atoms with Crippen LogP contribution in [-0.4, -0.2) is 96.4 Å². The highest BCUT2D eigenvalue weighted by molar-refractivity contribution is 5.89. The van der Waals surface area contributed by atoms with Crippen LogP contribution in [-0.2, 0) is 10.2 Å². The third-order valence-corrected chi connectivity index (χ3v) is 8.09. The van der Waals surface area contributed by atoms with Gasteiger partial charge in [-0.3, -0.25) is 20.9 Å². The van der Waals surface area contributed by atoms with Crippen molar-refractivity contribution in [2.24, 2.45) is 11.5 Å². The number of nitrogens with two attached hydrogens (primary N) is 2. The molecule has 12 heteroatoms. The van der Waals surface area contributed by atoms with Crippen molar-refractivity contribution in [3.05, 3.63) is 29.8 Å². The maximum atomic E-state index is 12.4. The predicted octanol–water partition coefficient (Wildman–Crippen LogP) is -0.525. The summed E-state index contributed by atoms with van der Waals surface area (Å²) in [6.07, 6.45) is -0.0327. The number of aliphatic hydroxyl groups is 2. The van der Waals surface area contributed by atoms with Crippen molar-refractivity contribution in [3.63, 3.8) is 0 Å². The van der Waals surface area contributed by atoms with E-state index in [2.05, 4.69) is 52.3 Å². The van der Waals surface area contributed by atoms with Crippen LogP contribution in [0.25, 0.3) is 0 Å². The van der Waals surface area contributed by atoms with Crippen molar-refractivity contribution in [2.45, 2.75) is 101 Å². The molecule has 0 radical (unpaired) electrons. The van der Waals surface area contributed by atoms with Crippen molar-refractivity contribution in [2.75, 3.05) is 31.6 Å². The average Bonchev–Trinajstić information content (AvgIpc) is 3.11. The first-order chi connectivity index (χ1) is 18.5. The molecule has 220 valence electrons. The number of nitrogens with one attached hydrogen (secondary N) is 5. The summed E-state index contributed by atoms with van der Waals surface area (Å²) in [6, 6.07) is 7.67. The lowest BCUT2D eigenvalue weighted by molar-refractivity contribution is -0.0441. The summed E-state index contributed by atoms with van der Waals surface area (Å²) in [6.45, 7) is 8.73. The van der Waals surface area contributed by atoms with Crippen LogP contribution >= 0.6 is 0 Å². The van der Waals surface area contributed by atoms with Gasteiger partial charge in [-0.25, -0.2) is 4.79 Å². The zero-order chi connectivity index (χ0) is 28.2. The van der Waals surface area contributed by atoms with Gasteiger partial charge >= 0.3 is 6.03 Å². The molecule has 2 aliphatic heterocycles. The Balaban J connectivity index is 1.22. The van der Waals surface area contributed by atoms with Crippen LogP contribution < -0.4 is 38.1 Å². The van der Waals surface area contributed by atoms with Gasteiger partial charge in [-0.2, -0.15) is 0 Å². The zero-order valence-corrected chi connectivity index (χ0v) is 23.4. The van der Waals surface area contributed by atoms with Crippen molar-refractivity contribution >= 4 is 11.7 Å². The summed E-state index contributed by atoms with van der Waals surface area (Å²) in [4.78, 5) is 14.7. The van der Waals surface area contributed by atoms with Gasteiger partial charge in [-0.05, 0) is 42.4 Å². The number of carbonyl (C=O) groups excluding carboxylic acids is 1. The minimum absolute atomic E-state index is 0.0637.